The van der Waals surface area contributed by atoms with Gasteiger partial charge in [-0.3, -0.25) is 10.1 Å². The average Bonchev–Trinajstić information content (AvgIpc) is 2.27. The number of hydrogen-bond acceptors (Lipinski definition) is 4. The van der Waals surface area contributed by atoms with E-state index in [4.69, 9.17) is 0 Å². The number of nitro groups is 1. The Morgan fingerprint density at radius 2 is 2.25 bits per heavy atom. The van der Waals surface area contributed by atoms with Gasteiger partial charge in [0.1, 0.15) is 0 Å². The highest BCUT2D eigenvalue weighted by Crippen LogP contribution is 2.23. The smallest absolute Gasteiger partial charge is 0.338 e. The number of hydrogen-bond donors (Lipinski definition) is 0. The Morgan fingerprint density at radius 1 is 1.62 bits per heavy atom. The van der Waals surface area contributed by atoms with Crippen molar-refractivity contribution in [2.45, 2.75) is 0 Å². The van der Waals surface area contributed by atoms with E-state index in [1.165, 1.54) is 6.08 Å². The molecule has 0 fully saturated rings. The van der Waals surface area contributed by atoms with Gasteiger partial charge in [-0.15, -0.1) is 0 Å². The number of benzene rings is 1. The van der Waals surface area contributed by atoms with Crippen LogP contribution in [0.3, 0.4) is 0 Å². The first kappa shape index (κ1) is 11.8. The van der Waals surface area contributed by atoms with Crippen molar-refractivity contribution in [3.63, 3.8) is 0 Å². The van der Waals surface area contributed by atoms with E-state index in [2.05, 4.69) is 11.3 Å². The second-order valence-corrected chi connectivity index (χ2v) is 2.84. The van der Waals surface area contributed by atoms with Crippen molar-refractivity contribution < 1.29 is 18.8 Å². The van der Waals surface area contributed by atoms with E-state index in [0.29, 0.717) is 0 Å². The number of ether oxygens (including phenoxy) is 1. The standard InChI is InChI=1S/C10H8FNO4/c1-3-6-4-8(11)9(12(14)15)5-7(6)10(13)16-2/h3-5H,1H2,2H3. The third-order valence-corrected chi connectivity index (χ3v) is 1.94. The highest BCUT2D eigenvalue weighted by molar-refractivity contribution is 5.94. The fourth-order valence-corrected chi connectivity index (χ4v) is 1.17. The van der Waals surface area contributed by atoms with Gasteiger partial charge in [0, 0.05) is 6.07 Å². The molecule has 0 atom stereocenters. The van der Waals surface area contributed by atoms with Crippen molar-refractivity contribution in [1.82, 2.24) is 0 Å². The minimum atomic E-state index is -1.02. The predicted octanol–water partition coefficient (Wildman–Crippen LogP) is 2.16. The maximum absolute atomic E-state index is 13.2. The first-order valence-electron chi connectivity index (χ1n) is 4.20. The Kier molecular flexibility index (Phi) is 3.34. The summed E-state index contributed by atoms with van der Waals surface area (Å²) in [6, 6.07) is 1.70. The summed E-state index contributed by atoms with van der Waals surface area (Å²) in [6.45, 7) is 3.38. The van der Waals surface area contributed by atoms with Crippen LogP contribution < -0.4 is 0 Å². The Labute approximate surface area is 90.3 Å². The number of halogens is 1. The number of esters is 1. The van der Waals surface area contributed by atoms with Crippen molar-refractivity contribution >= 4 is 17.7 Å². The molecule has 6 heteroatoms. The molecule has 0 saturated heterocycles. The van der Waals surface area contributed by atoms with Crippen LogP contribution in [0, 0.1) is 15.9 Å². The maximum Gasteiger partial charge on any atom is 0.338 e. The van der Waals surface area contributed by atoms with Gasteiger partial charge in [-0.2, -0.15) is 4.39 Å². The highest BCUT2D eigenvalue weighted by Gasteiger charge is 2.21. The Bertz CT molecular complexity index is 470. The zero-order chi connectivity index (χ0) is 12.3. The lowest BCUT2D eigenvalue weighted by Crippen LogP contribution is -2.06. The highest BCUT2D eigenvalue weighted by atomic mass is 19.1. The van der Waals surface area contributed by atoms with Crippen LogP contribution in [-0.4, -0.2) is 18.0 Å². The van der Waals surface area contributed by atoms with Gasteiger partial charge >= 0.3 is 11.7 Å². The molecule has 0 aromatic heterocycles. The molecule has 0 aliphatic carbocycles. The first-order valence-corrected chi connectivity index (χ1v) is 4.20. The lowest BCUT2D eigenvalue weighted by Gasteiger charge is -2.04. The Hall–Kier alpha value is -2.24. The third-order valence-electron chi connectivity index (χ3n) is 1.94. The molecule has 1 aromatic rings. The number of nitro benzene ring substituents is 1. The molecule has 0 spiro atoms. The van der Waals surface area contributed by atoms with Crippen LogP contribution in [0.1, 0.15) is 15.9 Å². The summed E-state index contributed by atoms with van der Waals surface area (Å²) in [4.78, 5) is 20.8. The summed E-state index contributed by atoms with van der Waals surface area (Å²) in [6.07, 6.45) is 1.22. The van der Waals surface area contributed by atoms with Crippen molar-refractivity contribution in [3.05, 3.63) is 45.8 Å². The zero-order valence-electron chi connectivity index (χ0n) is 8.40. The summed E-state index contributed by atoms with van der Waals surface area (Å²) < 4.78 is 17.6. The topological polar surface area (TPSA) is 69.4 Å². The van der Waals surface area contributed by atoms with Crippen LogP contribution in [0.5, 0.6) is 0 Å². The molecular formula is C10H8FNO4. The molecule has 1 rings (SSSR count). The van der Waals surface area contributed by atoms with Crippen molar-refractivity contribution in [3.8, 4) is 0 Å². The molecule has 0 aliphatic heterocycles. The summed E-state index contributed by atoms with van der Waals surface area (Å²) in [5.74, 6) is -1.80. The molecule has 0 saturated carbocycles. The molecule has 0 unspecified atom stereocenters. The molecule has 0 radical (unpaired) electrons. The van der Waals surface area contributed by atoms with E-state index < -0.39 is 22.4 Å². The summed E-state index contributed by atoms with van der Waals surface area (Å²) in [5, 5.41) is 10.5. The van der Waals surface area contributed by atoms with E-state index in [1.54, 1.807) is 0 Å². The molecule has 0 N–H and O–H groups in total. The number of nitrogens with zero attached hydrogens (tertiary/aromatic N) is 1. The summed E-state index contributed by atoms with van der Waals surface area (Å²) >= 11 is 0. The summed E-state index contributed by atoms with van der Waals surface area (Å²) in [5.41, 5.74) is -0.716. The zero-order valence-corrected chi connectivity index (χ0v) is 8.40. The van der Waals surface area contributed by atoms with E-state index in [1.807, 2.05) is 0 Å². The maximum atomic E-state index is 13.2. The fraction of sp³-hybridized carbons (Fsp3) is 0.100. The van der Waals surface area contributed by atoms with E-state index in [-0.39, 0.29) is 11.1 Å². The van der Waals surface area contributed by atoms with Crippen LogP contribution in [0.4, 0.5) is 10.1 Å². The third kappa shape index (κ3) is 2.05. The van der Waals surface area contributed by atoms with Crippen LogP contribution in [-0.2, 0) is 4.74 Å². The SMILES string of the molecule is C=Cc1cc(F)c([N+](=O)[O-])cc1C(=O)OC. The molecule has 0 aliphatic rings. The van der Waals surface area contributed by atoms with Gasteiger partial charge in [0.15, 0.2) is 0 Å². The molecule has 84 valence electrons. The average molecular weight is 225 g/mol. The monoisotopic (exact) mass is 225 g/mol. The quantitative estimate of drug-likeness (QED) is 0.449. The first-order chi connectivity index (χ1) is 7.51. The largest absolute Gasteiger partial charge is 0.465 e. The normalized spacial score (nSPS) is 9.62. The molecule has 0 bridgehead atoms. The van der Waals surface area contributed by atoms with Gasteiger partial charge in [0.05, 0.1) is 17.6 Å². The van der Waals surface area contributed by atoms with Crippen molar-refractivity contribution in [1.29, 1.82) is 0 Å². The lowest BCUT2D eigenvalue weighted by molar-refractivity contribution is -0.387. The molecular weight excluding hydrogens is 217 g/mol. The number of methoxy groups -OCH3 is 1. The van der Waals surface area contributed by atoms with Gasteiger partial charge in [0.25, 0.3) is 0 Å². The van der Waals surface area contributed by atoms with Crippen molar-refractivity contribution in [2.75, 3.05) is 7.11 Å². The van der Waals surface area contributed by atoms with Gasteiger partial charge in [-0.05, 0) is 11.6 Å². The second-order valence-electron chi connectivity index (χ2n) is 2.84. The van der Waals surface area contributed by atoms with Crippen LogP contribution in [0.25, 0.3) is 6.08 Å². The predicted molar refractivity (Wildman–Crippen MR) is 54.5 cm³/mol. The fourth-order valence-electron chi connectivity index (χ4n) is 1.17. The van der Waals surface area contributed by atoms with Crippen LogP contribution in [0.15, 0.2) is 18.7 Å². The van der Waals surface area contributed by atoms with Crippen LogP contribution >= 0.6 is 0 Å². The molecule has 5 nitrogen and oxygen atoms in total. The van der Waals surface area contributed by atoms with E-state index in [9.17, 15) is 19.3 Å². The second kappa shape index (κ2) is 4.52. The summed E-state index contributed by atoms with van der Waals surface area (Å²) in [7, 11) is 1.13. The van der Waals surface area contributed by atoms with Gasteiger partial charge in [-0.1, -0.05) is 12.7 Å². The number of carbonyl (C=O) groups is 1. The Morgan fingerprint density at radius 3 is 2.69 bits per heavy atom. The molecule has 0 heterocycles. The van der Waals surface area contributed by atoms with Gasteiger partial charge in [0.2, 0.25) is 5.82 Å². The van der Waals surface area contributed by atoms with Gasteiger partial charge in [-0.25, -0.2) is 4.79 Å². The minimum absolute atomic E-state index is 0.0920. The van der Waals surface area contributed by atoms with E-state index >= 15 is 0 Å². The Balaban J connectivity index is 3.46. The van der Waals surface area contributed by atoms with Crippen molar-refractivity contribution in [2.24, 2.45) is 0 Å². The molecule has 1 aromatic carbocycles. The molecule has 0 amide bonds. The number of carbonyl (C=O) groups excluding carboxylic acids is 1. The lowest BCUT2D eigenvalue weighted by atomic mass is 10.1. The van der Waals surface area contributed by atoms with E-state index in [0.717, 1.165) is 19.2 Å². The van der Waals surface area contributed by atoms with Crippen LogP contribution in [0.2, 0.25) is 0 Å². The minimum Gasteiger partial charge on any atom is -0.465 e. The van der Waals surface area contributed by atoms with Gasteiger partial charge < -0.3 is 4.74 Å². The number of rotatable bonds is 3. The molecule has 16 heavy (non-hydrogen) atoms.